The maximum absolute atomic E-state index is 5.73. The van der Waals surface area contributed by atoms with Crippen molar-refractivity contribution < 1.29 is 4.74 Å². The average Bonchev–Trinajstić information content (AvgIpc) is 1.77. The van der Waals surface area contributed by atoms with Gasteiger partial charge in [-0.3, -0.25) is 0 Å². The molecule has 1 rings (SSSR count). The summed E-state index contributed by atoms with van der Waals surface area (Å²) in [5.41, 5.74) is -0.547. The molecule has 0 aromatic carbocycles. The lowest BCUT2D eigenvalue weighted by Crippen LogP contribution is -2.33. The van der Waals surface area contributed by atoms with Crippen LogP contribution in [-0.4, -0.2) is 16.5 Å². The van der Waals surface area contributed by atoms with Crippen molar-refractivity contribution in [3.63, 3.8) is 0 Å². The van der Waals surface area contributed by atoms with Gasteiger partial charge in [0, 0.05) is 6.61 Å². The minimum Gasteiger partial charge on any atom is -0.359 e. The Balaban J connectivity index is 2.49. The Hall–Kier alpha value is 0.830. The Labute approximate surface area is 69.2 Å². The van der Waals surface area contributed by atoms with Crippen molar-refractivity contribution >= 4 is 34.8 Å². The first-order valence-corrected chi connectivity index (χ1v) is 3.96. The van der Waals surface area contributed by atoms with Crippen LogP contribution in [0.25, 0.3) is 0 Å². The standard InChI is InChI=1S/C5H7Cl3O/c6-4-5(7,8)2-1-3-9-4/h4H,1-3H2/t4-/m1/s1. The molecule has 0 unspecified atom stereocenters. The molecule has 0 bridgehead atoms. The molecule has 9 heavy (non-hydrogen) atoms. The van der Waals surface area contributed by atoms with Crippen LogP contribution >= 0.6 is 34.8 Å². The number of halogens is 3. The molecule has 1 heterocycles. The average molecular weight is 189 g/mol. The molecule has 1 nitrogen and oxygen atoms in total. The van der Waals surface area contributed by atoms with Gasteiger partial charge in [-0.05, 0) is 12.8 Å². The Kier molecular flexibility index (Phi) is 2.49. The van der Waals surface area contributed by atoms with E-state index in [0.717, 1.165) is 6.42 Å². The van der Waals surface area contributed by atoms with E-state index in [2.05, 4.69) is 0 Å². The first-order chi connectivity index (χ1) is 4.13. The summed E-state index contributed by atoms with van der Waals surface area (Å²) in [4.78, 5) is 0. The molecule has 0 aromatic rings. The van der Waals surface area contributed by atoms with Gasteiger partial charge in [0.15, 0.2) is 9.90 Å². The summed E-state index contributed by atoms with van der Waals surface area (Å²) in [5, 5.41) is 0. The Morgan fingerprint density at radius 1 is 1.44 bits per heavy atom. The molecule has 4 heteroatoms. The molecule has 1 aliphatic rings. The monoisotopic (exact) mass is 188 g/mol. The smallest absolute Gasteiger partial charge is 0.163 e. The highest BCUT2D eigenvalue weighted by Gasteiger charge is 2.36. The van der Waals surface area contributed by atoms with Crippen molar-refractivity contribution in [2.45, 2.75) is 22.7 Å². The highest BCUT2D eigenvalue weighted by atomic mass is 35.5. The van der Waals surface area contributed by atoms with E-state index in [1.165, 1.54) is 0 Å². The van der Waals surface area contributed by atoms with Crippen LogP contribution in [0.5, 0.6) is 0 Å². The molecule has 54 valence electrons. The zero-order valence-corrected chi connectivity index (χ0v) is 7.01. The molecule has 1 aliphatic heterocycles. The van der Waals surface area contributed by atoms with Gasteiger partial charge in [-0.25, -0.2) is 0 Å². The van der Waals surface area contributed by atoms with Crippen LogP contribution in [0.3, 0.4) is 0 Å². The van der Waals surface area contributed by atoms with Crippen molar-refractivity contribution in [1.82, 2.24) is 0 Å². The van der Waals surface area contributed by atoms with E-state index in [4.69, 9.17) is 39.5 Å². The molecule has 0 radical (unpaired) electrons. The number of rotatable bonds is 0. The van der Waals surface area contributed by atoms with Crippen molar-refractivity contribution in [1.29, 1.82) is 0 Å². The van der Waals surface area contributed by atoms with Crippen molar-refractivity contribution in [2.75, 3.05) is 6.61 Å². The van der Waals surface area contributed by atoms with E-state index >= 15 is 0 Å². The fourth-order valence-electron chi connectivity index (χ4n) is 0.730. The summed E-state index contributed by atoms with van der Waals surface area (Å²) in [5.74, 6) is 0. The molecule has 1 fully saturated rings. The number of hydrogen-bond donors (Lipinski definition) is 0. The third-order valence-corrected chi connectivity index (χ3v) is 2.75. The normalized spacial score (nSPS) is 34.3. The van der Waals surface area contributed by atoms with E-state index in [1.54, 1.807) is 0 Å². The van der Waals surface area contributed by atoms with Gasteiger partial charge in [0.2, 0.25) is 0 Å². The largest absolute Gasteiger partial charge is 0.359 e. The second-order valence-electron chi connectivity index (χ2n) is 2.05. The lowest BCUT2D eigenvalue weighted by Gasteiger charge is -2.29. The van der Waals surface area contributed by atoms with Crippen LogP contribution in [0.2, 0.25) is 0 Å². The third-order valence-electron chi connectivity index (χ3n) is 1.25. The van der Waals surface area contributed by atoms with E-state index in [-0.39, 0.29) is 0 Å². The fourth-order valence-corrected chi connectivity index (χ4v) is 1.32. The minimum atomic E-state index is -0.875. The SMILES string of the molecule is Cl[C@@H]1OCCCC1(Cl)Cl. The van der Waals surface area contributed by atoms with Crippen LogP contribution in [-0.2, 0) is 4.74 Å². The van der Waals surface area contributed by atoms with E-state index in [9.17, 15) is 0 Å². The van der Waals surface area contributed by atoms with Gasteiger partial charge in [0.05, 0.1) is 0 Å². The maximum atomic E-state index is 5.73. The molecular weight excluding hydrogens is 182 g/mol. The van der Waals surface area contributed by atoms with Crippen LogP contribution in [0.15, 0.2) is 0 Å². The van der Waals surface area contributed by atoms with E-state index in [1.807, 2.05) is 0 Å². The second-order valence-corrected chi connectivity index (χ2v) is 3.99. The lowest BCUT2D eigenvalue weighted by molar-refractivity contribution is 0.0606. The third kappa shape index (κ3) is 1.87. The molecule has 0 aromatic heterocycles. The van der Waals surface area contributed by atoms with Gasteiger partial charge in [-0.1, -0.05) is 34.8 Å². The summed E-state index contributed by atoms with van der Waals surface area (Å²) in [6.45, 7) is 0.662. The first kappa shape index (κ1) is 7.93. The molecular formula is C5H7Cl3O. The molecule has 1 atom stereocenters. The molecule has 0 aliphatic carbocycles. The van der Waals surface area contributed by atoms with Gasteiger partial charge < -0.3 is 4.74 Å². The van der Waals surface area contributed by atoms with E-state index in [0.29, 0.717) is 13.0 Å². The number of ether oxygens (including phenoxy) is 1. The van der Waals surface area contributed by atoms with Gasteiger partial charge in [0.1, 0.15) is 0 Å². The highest BCUT2D eigenvalue weighted by molar-refractivity contribution is 6.52. The van der Waals surface area contributed by atoms with Crippen molar-refractivity contribution in [3.8, 4) is 0 Å². The number of hydrogen-bond acceptors (Lipinski definition) is 1. The Morgan fingerprint density at radius 2 is 2.11 bits per heavy atom. The van der Waals surface area contributed by atoms with Crippen molar-refractivity contribution in [3.05, 3.63) is 0 Å². The minimum absolute atomic E-state index is 0.547. The summed E-state index contributed by atoms with van der Waals surface area (Å²) in [7, 11) is 0. The van der Waals surface area contributed by atoms with Gasteiger partial charge in [0.25, 0.3) is 0 Å². The Bertz CT molecular complexity index is 104. The van der Waals surface area contributed by atoms with Crippen LogP contribution in [0, 0.1) is 0 Å². The predicted molar refractivity (Wildman–Crippen MR) is 39.3 cm³/mol. The highest BCUT2D eigenvalue weighted by Crippen LogP contribution is 2.37. The number of alkyl halides is 3. The van der Waals surface area contributed by atoms with Crippen LogP contribution < -0.4 is 0 Å². The maximum Gasteiger partial charge on any atom is 0.163 e. The molecule has 0 N–H and O–H groups in total. The Morgan fingerprint density at radius 3 is 2.44 bits per heavy atom. The summed E-state index contributed by atoms with van der Waals surface area (Å²) >= 11 is 17.1. The first-order valence-electron chi connectivity index (χ1n) is 2.76. The van der Waals surface area contributed by atoms with Crippen LogP contribution in [0.1, 0.15) is 12.8 Å². The van der Waals surface area contributed by atoms with E-state index < -0.39 is 9.90 Å². The van der Waals surface area contributed by atoms with Crippen LogP contribution in [0.4, 0.5) is 0 Å². The summed E-state index contributed by atoms with van der Waals surface area (Å²) in [6, 6.07) is 0. The van der Waals surface area contributed by atoms with Crippen molar-refractivity contribution in [2.24, 2.45) is 0 Å². The molecule has 0 saturated carbocycles. The zero-order valence-electron chi connectivity index (χ0n) is 4.74. The zero-order chi connectivity index (χ0) is 6.91. The molecule has 1 saturated heterocycles. The van der Waals surface area contributed by atoms with Gasteiger partial charge >= 0.3 is 0 Å². The molecule has 0 spiro atoms. The lowest BCUT2D eigenvalue weighted by atomic mass is 10.2. The molecule has 0 amide bonds. The topological polar surface area (TPSA) is 9.23 Å². The van der Waals surface area contributed by atoms with Gasteiger partial charge in [-0.2, -0.15) is 0 Å². The predicted octanol–water partition coefficient (Wildman–Crippen LogP) is 2.54. The van der Waals surface area contributed by atoms with Gasteiger partial charge in [-0.15, -0.1) is 0 Å². The second kappa shape index (κ2) is 2.83. The fraction of sp³-hybridized carbons (Fsp3) is 1.00. The summed E-state index contributed by atoms with van der Waals surface area (Å²) < 4.78 is 4.12. The quantitative estimate of drug-likeness (QED) is 0.532. The summed E-state index contributed by atoms with van der Waals surface area (Å²) in [6.07, 6.45) is 1.60.